The zero-order valence-corrected chi connectivity index (χ0v) is 12.2. The summed E-state index contributed by atoms with van der Waals surface area (Å²) in [5.74, 6) is 1.85. The first-order valence-corrected chi connectivity index (χ1v) is 7.87. The largest absolute Gasteiger partial charge is 0.492 e. The van der Waals surface area contributed by atoms with Crippen molar-refractivity contribution in [1.82, 2.24) is 9.88 Å². The van der Waals surface area contributed by atoms with Gasteiger partial charge >= 0.3 is 0 Å². The highest BCUT2D eigenvalue weighted by atomic mass is 16.5. The minimum Gasteiger partial charge on any atom is -0.492 e. The molecule has 1 spiro atoms. The van der Waals surface area contributed by atoms with Crippen molar-refractivity contribution < 1.29 is 4.74 Å². The molecule has 2 bridgehead atoms. The van der Waals surface area contributed by atoms with Crippen molar-refractivity contribution >= 4 is 5.69 Å². The van der Waals surface area contributed by atoms with Crippen LogP contribution in [0.3, 0.4) is 0 Å². The summed E-state index contributed by atoms with van der Waals surface area (Å²) >= 11 is 0. The molecule has 20 heavy (non-hydrogen) atoms. The Labute approximate surface area is 120 Å². The molecule has 0 aliphatic carbocycles. The molecule has 0 aromatic carbocycles. The summed E-state index contributed by atoms with van der Waals surface area (Å²) < 4.78 is 5.57. The highest BCUT2D eigenvalue weighted by Crippen LogP contribution is 2.46. The van der Waals surface area contributed by atoms with E-state index in [2.05, 4.69) is 20.9 Å². The summed E-state index contributed by atoms with van der Waals surface area (Å²) in [6.07, 6.45) is 7.91. The molecule has 1 aromatic rings. The predicted octanol–water partition coefficient (Wildman–Crippen LogP) is 2.15. The number of nitrogens with zero attached hydrogens (tertiary/aromatic N) is 3. The standard InChI is InChI=1S/C16H23N3O/c1-2-20-15-7-14(9-17-10-15)18-6-4-16(12-18)8-13-3-5-19(16)11-13/h7,9-10,13H,2-6,8,11-12H2,1H3. The molecule has 108 valence electrons. The molecule has 4 heterocycles. The van der Waals surface area contributed by atoms with Crippen molar-refractivity contribution in [3.05, 3.63) is 18.5 Å². The van der Waals surface area contributed by atoms with Gasteiger partial charge in [0, 0.05) is 31.2 Å². The van der Waals surface area contributed by atoms with Crippen molar-refractivity contribution in [2.75, 3.05) is 37.7 Å². The molecule has 4 rings (SSSR count). The number of piperidine rings is 1. The number of hydrogen-bond donors (Lipinski definition) is 0. The van der Waals surface area contributed by atoms with E-state index in [1.165, 1.54) is 44.6 Å². The van der Waals surface area contributed by atoms with Gasteiger partial charge in [0.1, 0.15) is 5.75 Å². The third-order valence-corrected chi connectivity index (χ3v) is 5.33. The van der Waals surface area contributed by atoms with Crippen LogP contribution in [-0.2, 0) is 0 Å². The molecule has 4 heteroatoms. The molecule has 3 aliphatic heterocycles. The molecule has 0 N–H and O–H groups in total. The average molecular weight is 273 g/mol. The lowest BCUT2D eigenvalue weighted by atomic mass is 9.87. The summed E-state index contributed by atoms with van der Waals surface area (Å²) in [5.41, 5.74) is 1.68. The van der Waals surface area contributed by atoms with E-state index in [-0.39, 0.29) is 0 Å². The zero-order chi connectivity index (χ0) is 13.6. The lowest BCUT2D eigenvalue weighted by Crippen LogP contribution is -2.46. The van der Waals surface area contributed by atoms with E-state index in [1.54, 1.807) is 6.20 Å². The minimum absolute atomic E-state index is 0.463. The summed E-state index contributed by atoms with van der Waals surface area (Å²) in [5, 5.41) is 0. The first-order valence-electron chi connectivity index (χ1n) is 7.87. The highest BCUT2D eigenvalue weighted by Gasteiger charge is 2.52. The molecule has 0 amide bonds. The van der Waals surface area contributed by atoms with E-state index < -0.39 is 0 Å². The van der Waals surface area contributed by atoms with Crippen LogP contribution in [0.1, 0.15) is 26.2 Å². The Bertz CT molecular complexity index is 506. The van der Waals surface area contributed by atoms with Gasteiger partial charge in [0.2, 0.25) is 0 Å². The van der Waals surface area contributed by atoms with E-state index in [0.717, 1.165) is 18.2 Å². The van der Waals surface area contributed by atoms with Crippen molar-refractivity contribution in [2.45, 2.75) is 31.7 Å². The van der Waals surface area contributed by atoms with E-state index >= 15 is 0 Å². The molecule has 3 aliphatic rings. The maximum Gasteiger partial charge on any atom is 0.139 e. The molecule has 1 aromatic heterocycles. The van der Waals surface area contributed by atoms with Gasteiger partial charge in [-0.25, -0.2) is 0 Å². The summed E-state index contributed by atoms with van der Waals surface area (Å²) in [4.78, 5) is 9.57. The lowest BCUT2D eigenvalue weighted by molar-refractivity contribution is 0.155. The summed E-state index contributed by atoms with van der Waals surface area (Å²) in [6.45, 7) is 7.69. The Morgan fingerprint density at radius 1 is 1.40 bits per heavy atom. The van der Waals surface area contributed by atoms with Gasteiger partial charge in [-0.2, -0.15) is 0 Å². The Morgan fingerprint density at radius 2 is 2.35 bits per heavy atom. The maximum absolute atomic E-state index is 5.57. The third-order valence-electron chi connectivity index (χ3n) is 5.33. The van der Waals surface area contributed by atoms with Gasteiger partial charge in [-0.15, -0.1) is 0 Å². The number of ether oxygens (including phenoxy) is 1. The van der Waals surface area contributed by atoms with E-state index in [4.69, 9.17) is 4.74 Å². The molecule has 3 atom stereocenters. The van der Waals surface area contributed by atoms with Crippen molar-refractivity contribution in [2.24, 2.45) is 5.92 Å². The van der Waals surface area contributed by atoms with E-state index in [9.17, 15) is 0 Å². The van der Waals surface area contributed by atoms with Crippen LogP contribution in [0.2, 0.25) is 0 Å². The zero-order valence-electron chi connectivity index (χ0n) is 12.2. The Balaban J connectivity index is 1.52. The van der Waals surface area contributed by atoms with Crippen LogP contribution in [0.25, 0.3) is 0 Å². The van der Waals surface area contributed by atoms with Gasteiger partial charge < -0.3 is 9.64 Å². The third kappa shape index (κ3) is 1.89. The fourth-order valence-corrected chi connectivity index (χ4v) is 4.42. The van der Waals surface area contributed by atoms with Crippen molar-refractivity contribution in [1.29, 1.82) is 0 Å². The molecular weight excluding hydrogens is 250 g/mol. The second kappa shape index (κ2) is 4.62. The van der Waals surface area contributed by atoms with Crippen LogP contribution in [0.15, 0.2) is 18.5 Å². The molecule has 3 unspecified atom stereocenters. The quantitative estimate of drug-likeness (QED) is 0.844. The van der Waals surface area contributed by atoms with Crippen LogP contribution >= 0.6 is 0 Å². The van der Waals surface area contributed by atoms with Crippen molar-refractivity contribution in [3.63, 3.8) is 0 Å². The highest BCUT2D eigenvalue weighted by molar-refractivity contribution is 5.50. The Hall–Kier alpha value is -1.29. The summed E-state index contributed by atoms with van der Waals surface area (Å²) in [6, 6.07) is 2.14. The second-order valence-corrected chi connectivity index (χ2v) is 6.51. The number of aromatic nitrogens is 1. The number of pyridine rings is 1. The summed E-state index contributed by atoms with van der Waals surface area (Å²) in [7, 11) is 0. The van der Waals surface area contributed by atoms with Gasteiger partial charge in [0.25, 0.3) is 0 Å². The van der Waals surface area contributed by atoms with Crippen LogP contribution in [-0.4, -0.2) is 48.2 Å². The molecule has 3 fully saturated rings. The lowest BCUT2D eigenvalue weighted by Gasteiger charge is -2.36. The molecular formula is C16H23N3O. The van der Waals surface area contributed by atoms with Gasteiger partial charge in [0.05, 0.1) is 24.7 Å². The van der Waals surface area contributed by atoms with Crippen LogP contribution in [0.4, 0.5) is 5.69 Å². The Morgan fingerprint density at radius 3 is 3.10 bits per heavy atom. The predicted molar refractivity (Wildman–Crippen MR) is 79.3 cm³/mol. The molecule has 0 radical (unpaired) electrons. The smallest absolute Gasteiger partial charge is 0.139 e. The average Bonchev–Trinajstić information content (AvgIpc) is 3.16. The normalized spacial score (nSPS) is 35.1. The van der Waals surface area contributed by atoms with Crippen molar-refractivity contribution in [3.8, 4) is 5.75 Å². The number of hydrogen-bond acceptors (Lipinski definition) is 4. The van der Waals surface area contributed by atoms with E-state index in [0.29, 0.717) is 12.1 Å². The SMILES string of the molecule is CCOc1cncc(N2CCC3(CC4CCN3C4)C2)c1. The van der Waals surface area contributed by atoms with Crippen LogP contribution < -0.4 is 9.64 Å². The fraction of sp³-hybridized carbons (Fsp3) is 0.688. The van der Waals surface area contributed by atoms with E-state index in [1.807, 2.05) is 13.1 Å². The molecule has 4 nitrogen and oxygen atoms in total. The monoisotopic (exact) mass is 273 g/mol. The first-order chi connectivity index (χ1) is 9.79. The first kappa shape index (κ1) is 12.5. The molecule has 3 saturated heterocycles. The molecule has 0 saturated carbocycles. The van der Waals surface area contributed by atoms with Gasteiger partial charge in [-0.3, -0.25) is 9.88 Å². The topological polar surface area (TPSA) is 28.6 Å². The minimum atomic E-state index is 0.463. The maximum atomic E-state index is 5.57. The van der Waals surface area contributed by atoms with Crippen LogP contribution in [0, 0.1) is 5.92 Å². The number of rotatable bonds is 3. The Kier molecular flexibility index (Phi) is 2.88. The fourth-order valence-electron chi connectivity index (χ4n) is 4.42. The number of anilines is 1. The second-order valence-electron chi connectivity index (χ2n) is 6.51. The van der Waals surface area contributed by atoms with Crippen LogP contribution in [0.5, 0.6) is 5.75 Å². The van der Waals surface area contributed by atoms with Gasteiger partial charge in [-0.05, 0) is 38.6 Å². The van der Waals surface area contributed by atoms with Gasteiger partial charge in [-0.1, -0.05) is 0 Å². The van der Waals surface area contributed by atoms with Gasteiger partial charge in [0.15, 0.2) is 0 Å². The number of fused-ring (bicyclic) bond motifs is 3.